The summed E-state index contributed by atoms with van der Waals surface area (Å²) < 4.78 is 5.68. The molecule has 19 heavy (non-hydrogen) atoms. The summed E-state index contributed by atoms with van der Waals surface area (Å²) >= 11 is 7.37. The topological polar surface area (TPSA) is 58.4 Å². The van der Waals surface area contributed by atoms with E-state index in [4.69, 9.17) is 16.1 Å². The van der Waals surface area contributed by atoms with Crippen LogP contribution in [-0.2, 0) is 11.3 Å². The molecule has 1 N–H and O–H groups in total. The molecule has 1 amide bonds. The highest BCUT2D eigenvalue weighted by Gasteiger charge is 2.10. The van der Waals surface area contributed by atoms with Gasteiger partial charge in [-0.3, -0.25) is 15.0 Å². The number of nitrogens with zero attached hydrogens (tertiary/aromatic N) is 2. The van der Waals surface area contributed by atoms with E-state index in [9.17, 15) is 4.79 Å². The molecular weight excluding hydrogens is 286 g/mol. The lowest BCUT2D eigenvalue weighted by atomic mass is 10.4. The van der Waals surface area contributed by atoms with Gasteiger partial charge in [-0.15, -0.1) is 11.3 Å². The van der Waals surface area contributed by atoms with Crippen LogP contribution in [0.25, 0.3) is 0 Å². The van der Waals surface area contributed by atoms with Gasteiger partial charge in [-0.05, 0) is 26.1 Å². The number of hydrogen-bond donors (Lipinski definition) is 1. The van der Waals surface area contributed by atoms with E-state index in [1.807, 2.05) is 24.1 Å². The maximum Gasteiger partial charge on any atom is 0.240 e. The SMILES string of the molecule is Cc1cc(NC(=O)CN(C)Cc2ccc(Cl)s2)on1. The zero-order valence-corrected chi connectivity index (χ0v) is 12.2. The van der Waals surface area contributed by atoms with Crippen molar-refractivity contribution in [1.82, 2.24) is 10.1 Å². The van der Waals surface area contributed by atoms with Crippen LogP contribution in [0.2, 0.25) is 4.34 Å². The van der Waals surface area contributed by atoms with E-state index in [1.54, 1.807) is 13.0 Å². The molecule has 0 radical (unpaired) electrons. The number of aromatic nitrogens is 1. The Kier molecular flexibility index (Phi) is 4.57. The summed E-state index contributed by atoms with van der Waals surface area (Å²) in [6.45, 7) is 2.75. The van der Waals surface area contributed by atoms with Crippen LogP contribution in [-0.4, -0.2) is 29.6 Å². The van der Waals surface area contributed by atoms with Crippen molar-refractivity contribution in [3.05, 3.63) is 33.1 Å². The maximum absolute atomic E-state index is 11.8. The van der Waals surface area contributed by atoms with E-state index in [2.05, 4.69) is 10.5 Å². The van der Waals surface area contributed by atoms with Crippen molar-refractivity contribution in [2.45, 2.75) is 13.5 Å². The molecule has 5 nitrogen and oxygen atoms in total. The number of nitrogens with one attached hydrogen (secondary N) is 1. The fourth-order valence-electron chi connectivity index (χ4n) is 1.60. The second-order valence-electron chi connectivity index (χ2n) is 4.26. The van der Waals surface area contributed by atoms with Crippen molar-refractivity contribution < 1.29 is 9.32 Å². The molecular formula is C12H14ClN3O2S. The zero-order chi connectivity index (χ0) is 13.8. The highest BCUT2D eigenvalue weighted by atomic mass is 35.5. The van der Waals surface area contributed by atoms with Gasteiger partial charge in [0.2, 0.25) is 11.8 Å². The normalized spacial score (nSPS) is 10.9. The molecule has 2 rings (SSSR count). The van der Waals surface area contributed by atoms with Crippen LogP contribution in [0.1, 0.15) is 10.6 Å². The molecule has 0 unspecified atom stereocenters. The Bertz CT molecular complexity index is 567. The number of aryl methyl sites for hydroxylation is 1. The predicted molar refractivity (Wildman–Crippen MR) is 75.5 cm³/mol. The molecule has 0 aromatic carbocycles. The third kappa shape index (κ3) is 4.34. The molecule has 0 aliphatic carbocycles. The molecule has 0 aliphatic rings. The molecule has 0 bridgehead atoms. The summed E-state index contributed by atoms with van der Waals surface area (Å²) in [4.78, 5) is 14.8. The minimum absolute atomic E-state index is 0.138. The minimum Gasteiger partial charge on any atom is -0.338 e. The van der Waals surface area contributed by atoms with Gasteiger partial charge in [-0.1, -0.05) is 16.8 Å². The second kappa shape index (κ2) is 6.18. The van der Waals surface area contributed by atoms with Gasteiger partial charge in [0.1, 0.15) is 0 Å². The molecule has 2 heterocycles. The van der Waals surface area contributed by atoms with Gasteiger partial charge in [0.05, 0.1) is 16.6 Å². The van der Waals surface area contributed by atoms with Gasteiger partial charge >= 0.3 is 0 Å². The van der Waals surface area contributed by atoms with E-state index < -0.39 is 0 Å². The van der Waals surface area contributed by atoms with Crippen molar-refractivity contribution in [3.8, 4) is 0 Å². The number of likely N-dealkylation sites (N-methyl/N-ethyl adjacent to an activating group) is 1. The highest BCUT2D eigenvalue weighted by molar-refractivity contribution is 7.16. The first-order chi connectivity index (χ1) is 9.02. The molecule has 2 aromatic rings. The van der Waals surface area contributed by atoms with Crippen LogP contribution in [0.15, 0.2) is 22.7 Å². The Balaban J connectivity index is 1.81. The van der Waals surface area contributed by atoms with Gasteiger partial charge in [0, 0.05) is 17.5 Å². The molecule has 102 valence electrons. The molecule has 0 spiro atoms. The second-order valence-corrected chi connectivity index (χ2v) is 6.06. The molecule has 2 aromatic heterocycles. The van der Waals surface area contributed by atoms with Gasteiger partial charge in [-0.25, -0.2) is 0 Å². The van der Waals surface area contributed by atoms with Crippen LogP contribution in [0, 0.1) is 6.92 Å². The van der Waals surface area contributed by atoms with Crippen LogP contribution >= 0.6 is 22.9 Å². The number of carbonyl (C=O) groups excluding carboxylic acids is 1. The number of rotatable bonds is 5. The Morgan fingerprint density at radius 3 is 2.95 bits per heavy atom. The molecule has 0 aliphatic heterocycles. The van der Waals surface area contributed by atoms with Crippen molar-refractivity contribution in [1.29, 1.82) is 0 Å². The van der Waals surface area contributed by atoms with Gasteiger partial charge < -0.3 is 4.52 Å². The quantitative estimate of drug-likeness (QED) is 0.922. The van der Waals surface area contributed by atoms with E-state index in [1.165, 1.54) is 11.3 Å². The number of halogens is 1. The number of amides is 1. The van der Waals surface area contributed by atoms with E-state index in [0.717, 1.165) is 14.9 Å². The molecule has 0 saturated carbocycles. The van der Waals surface area contributed by atoms with Crippen LogP contribution in [0.4, 0.5) is 5.88 Å². The first-order valence-electron chi connectivity index (χ1n) is 5.69. The number of thiophene rings is 1. The minimum atomic E-state index is -0.138. The Labute approximate surface area is 120 Å². The van der Waals surface area contributed by atoms with Crippen molar-refractivity contribution >= 4 is 34.7 Å². The lowest BCUT2D eigenvalue weighted by Crippen LogP contribution is -2.29. The molecule has 0 fully saturated rings. The van der Waals surface area contributed by atoms with Crippen molar-refractivity contribution in [2.24, 2.45) is 0 Å². The fourth-order valence-corrected chi connectivity index (χ4v) is 2.77. The Morgan fingerprint density at radius 1 is 1.58 bits per heavy atom. The summed E-state index contributed by atoms with van der Waals surface area (Å²) in [6.07, 6.45) is 0. The van der Waals surface area contributed by atoms with Gasteiger partial charge in [0.25, 0.3) is 0 Å². The van der Waals surface area contributed by atoms with Crippen molar-refractivity contribution in [3.63, 3.8) is 0 Å². The number of hydrogen-bond acceptors (Lipinski definition) is 5. The fraction of sp³-hybridized carbons (Fsp3) is 0.333. The van der Waals surface area contributed by atoms with Crippen LogP contribution in [0.3, 0.4) is 0 Å². The molecule has 7 heteroatoms. The van der Waals surface area contributed by atoms with E-state index in [-0.39, 0.29) is 12.5 Å². The largest absolute Gasteiger partial charge is 0.338 e. The predicted octanol–water partition coefficient (Wildman–Crippen LogP) is 2.77. The van der Waals surface area contributed by atoms with E-state index >= 15 is 0 Å². The maximum atomic E-state index is 11.8. The Morgan fingerprint density at radius 2 is 2.37 bits per heavy atom. The summed E-state index contributed by atoms with van der Waals surface area (Å²) in [6, 6.07) is 5.49. The number of anilines is 1. The van der Waals surface area contributed by atoms with Gasteiger partial charge in [0.15, 0.2) is 0 Å². The standard InChI is InChI=1S/C12H14ClN3O2S/c1-8-5-12(18-15-8)14-11(17)7-16(2)6-9-3-4-10(13)19-9/h3-5H,6-7H2,1-2H3,(H,14,17). The van der Waals surface area contributed by atoms with Crippen LogP contribution in [0.5, 0.6) is 0 Å². The lowest BCUT2D eigenvalue weighted by molar-refractivity contribution is -0.117. The average Bonchev–Trinajstić information content (AvgIpc) is 2.87. The summed E-state index contributed by atoms with van der Waals surface area (Å²) in [5.74, 6) is 0.233. The molecule has 0 saturated heterocycles. The molecule has 0 atom stereocenters. The average molecular weight is 300 g/mol. The Hall–Kier alpha value is -1.37. The summed E-state index contributed by atoms with van der Waals surface area (Å²) in [7, 11) is 1.87. The van der Waals surface area contributed by atoms with Crippen LogP contribution < -0.4 is 5.32 Å². The highest BCUT2D eigenvalue weighted by Crippen LogP contribution is 2.22. The summed E-state index contributed by atoms with van der Waals surface area (Å²) in [5, 5.41) is 6.36. The smallest absolute Gasteiger partial charge is 0.240 e. The summed E-state index contributed by atoms with van der Waals surface area (Å²) in [5.41, 5.74) is 0.733. The third-order valence-corrected chi connectivity index (χ3v) is 3.57. The zero-order valence-electron chi connectivity index (χ0n) is 10.6. The van der Waals surface area contributed by atoms with E-state index in [0.29, 0.717) is 12.4 Å². The first-order valence-corrected chi connectivity index (χ1v) is 6.88. The third-order valence-electron chi connectivity index (χ3n) is 2.36. The number of carbonyl (C=O) groups is 1. The van der Waals surface area contributed by atoms with Crippen molar-refractivity contribution in [2.75, 3.05) is 18.9 Å². The lowest BCUT2D eigenvalue weighted by Gasteiger charge is -2.14. The monoisotopic (exact) mass is 299 g/mol. The van der Waals surface area contributed by atoms with Gasteiger partial charge in [-0.2, -0.15) is 0 Å². The first kappa shape index (κ1) is 14.0.